The molecule has 8 nitrogen and oxygen atoms in total. The van der Waals surface area contributed by atoms with Gasteiger partial charge in [0.1, 0.15) is 23.9 Å². The van der Waals surface area contributed by atoms with E-state index >= 15 is 0 Å². The number of methoxy groups -OCH3 is 1. The summed E-state index contributed by atoms with van der Waals surface area (Å²) in [6.45, 7) is 8.29. The highest BCUT2D eigenvalue weighted by molar-refractivity contribution is 6.46. The molecular formula is C28H32N2O6. The predicted octanol–water partition coefficient (Wildman–Crippen LogP) is 3.40. The minimum Gasteiger partial charge on any atom is -0.507 e. The summed E-state index contributed by atoms with van der Waals surface area (Å²) in [5, 5.41) is 11.3. The monoisotopic (exact) mass is 492 g/mol. The van der Waals surface area contributed by atoms with E-state index in [0.29, 0.717) is 55.4 Å². The number of carbonyl (C=O) groups excluding carboxylic acids is 2. The first-order valence-corrected chi connectivity index (χ1v) is 12.1. The number of amides is 1. The topological polar surface area (TPSA) is 88.5 Å². The molecule has 2 fully saturated rings. The van der Waals surface area contributed by atoms with Crippen molar-refractivity contribution >= 4 is 17.4 Å². The number of ketones is 1. The number of hydrogen-bond acceptors (Lipinski definition) is 7. The van der Waals surface area contributed by atoms with Crippen LogP contribution < -0.4 is 9.47 Å². The smallest absolute Gasteiger partial charge is 0.295 e. The van der Waals surface area contributed by atoms with Crippen molar-refractivity contribution < 1.29 is 28.9 Å². The fourth-order valence-corrected chi connectivity index (χ4v) is 4.63. The molecule has 4 rings (SSSR count). The van der Waals surface area contributed by atoms with Crippen LogP contribution in [0, 0.1) is 0 Å². The number of morpholine rings is 1. The van der Waals surface area contributed by atoms with Gasteiger partial charge in [-0.15, -0.1) is 0 Å². The summed E-state index contributed by atoms with van der Waals surface area (Å²) in [5.41, 5.74) is 1.13. The molecule has 0 aliphatic carbocycles. The van der Waals surface area contributed by atoms with Crippen LogP contribution in [0.1, 0.15) is 23.6 Å². The van der Waals surface area contributed by atoms with Crippen molar-refractivity contribution in [1.29, 1.82) is 0 Å². The number of aliphatic hydroxyl groups excluding tert-OH is 1. The Morgan fingerprint density at radius 2 is 1.83 bits per heavy atom. The second-order valence-electron chi connectivity index (χ2n) is 8.67. The first-order chi connectivity index (χ1) is 17.5. The van der Waals surface area contributed by atoms with Gasteiger partial charge in [-0.05, 0) is 36.2 Å². The van der Waals surface area contributed by atoms with Gasteiger partial charge in [0, 0.05) is 26.2 Å². The van der Waals surface area contributed by atoms with E-state index in [1.165, 1.54) is 7.11 Å². The number of carbonyl (C=O) groups is 2. The average Bonchev–Trinajstić information content (AvgIpc) is 3.17. The van der Waals surface area contributed by atoms with E-state index in [2.05, 4.69) is 11.5 Å². The highest BCUT2D eigenvalue weighted by Crippen LogP contribution is 2.41. The number of hydrogen-bond donors (Lipinski definition) is 1. The molecule has 2 aromatic rings. The lowest BCUT2D eigenvalue weighted by molar-refractivity contribution is -0.140. The van der Waals surface area contributed by atoms with Crippen molar-refractivity contribution in [3.63, 3.8) is 0 Å². The zero-order chi connectivity index (χ0) is 25.5. The fraction of sp³-hybridized carbons (Fsp3) is 0.357. The second kappa shape index (κ2) is 11.9. The number of nitrogens with zero attached hydrogens (tertiary/aromatic N) is 2. The molecule has 2 heterocycles. The Morgan fingerprint density at radius 1 is 1.11 bits per heavy atom. The predicted molar refractivity (Wildman–Crippen MR) is 136 cm³/mol. The SMILES string of the molecule is C=CCOc1ccc(C2/C(=C(\O)c3ccccc3OC)C(=O)C(=O)N2CCCN2CCOCC2)cc1. The Balaban J connectivity index is 1.68. The summed E-state index contributed by atoms with van der Waals surface area (Å²) in [5.74, 6) is -0.515. The van der Waals surface area contributed by atoms with Crippen molar-refractivity contribution in [3.05, 3.63) is 77.9 Å². The van der Waals surface area contributed by atoms with Crippen LogP contribution in [0.3, 0.4) is 0 Å². The number of rotatable bonds is 10. The molecule has 0 spiro atoms. The Bertz CT molecular complexity index is 1120. The number of para-hydroxylation sites is 1. The van der Waals surface area contributed by atoms with E-state index < -0.39 is 17.7 Å². The third-order valence-electron chi connectivity index (χ3n) is 6.44. The average molecular weight is 493 g/mol. The molecule has 190 valence electrons. The van der Waals surface area contributed by atoms with Gasteiger partial charge in [-0.3, -0.25) is 14.5 Å². The van der Waals surface area contributed by atoms with Crippen LogP contribution in [0.2, 0.25) is 0 Å². The van der Waals surface area contributed by atoms with Crippen molar-refractivity contribution in [2.45, 2.75) is 12.5 Å². The van der Waals surface area contributed by atoms with Crippen LogP contribution in [0.4, 0.5) is 0 Å². The minimum absolute atomic E-state index is 0.0515. The van der Waals surface area contributed by atoms with Crippen molar-refractivity contribution in [2.75, 3.05) is 53.1 Å². The number of benzene rings is 2. The van der Waals surface area contributed by atoms with Crippen LogP contribution in [0.25, 0.3) is 5.76 Å². The third-order valence-corrected chi connectivity index (χ3v) is 6.44. The van der Waals surface area contributed by atoms with Gasteiger partial charge in [-0.25, -0.2) is 0 Å². The van der Waals surface area contributed by atoms with Crippen LogP contribution in [-0.2, 0) is 14.3 Å². The van der Waals surface area contributed by atoms with E-state index in [4.69, 9.17) is 14.2 Å². The minimum atomic E-state index is -0.729. The summed E-state index contributed by atoms with van der Waals surface area (Å²) >= 11 is 0. The molecule has 0 radical (unpaired) electrons. The highest BCUT2D eigenvalue weighted by Gasteiger charge is 2.46. The molecule has 2 aromatic carbocycles. The first-order valence-electron chi connectivity index (χ1n) is 12.1. The molecule has 1 atom stereocenters. The Hall–Kier alpha value is -3.62. The fourth-order valence-electron chi connectivity index (χ4n) is 4.63. The molecule has 1 amide bonds. The van der Waals surface area contributed by atoms with Gasteiger partial charge in [0.2, 0.25) is 0 Å². The van der Waals surface area contributed by atoms with Crippen LogP contribution in [0.15, 0.2) is 66.8 Å². The van der Waals surface area contributed by atoms with Gasteiger partial charge in [0.15, 0.2) is 0 Å². The van der Waals surface area contributed by atoms with E-state index in [1.807, 2.05) is 12.1 Å². The maximum Gasteiger partial charge on any atom is 0.295 e. The van der Waals surface area contributed by atoms with Gasteiger partial charge in [0.25, 0.3) is 11.7 Å². The Kier molecular flexibility index (Phi) is 8.40. The second-order valence-corrected chi connectivity index (χ2v) is 8.67. The van der Waals surface area contributed by atoms with Gasteiger partial charge in [-0.2, -0.15) is 0 Å². The molecule has 2 aliphatic heterocycles. The van der Waals surface area contributed by atoms with E-state index in [0.717, 1.165) is 19.6 Å². The molecular weight excluding hydrogens is 460 g/mol. The zero-order valence-corrected chi connectivity index (χ0v) is 20.5. The lowest BCUT2D eigenvalue weighted by atomic mass is 9.95. The molecule has 1 N–H and O–H groups in total. The van der Waals surface area contributed by atoms with Gasteiger partial charge in [0.05, 0.1) is 37.5 Å². The van der Waals surface area contributed by atoms with Gasteiger partial charge in [-0.1, -0.05) is 36.9 Å². The van der Waals surface area contributed by atoms with E-state index in [1.54, 1.807) is 47.4 Å². The maximum absolute atomic E-state index is 13.3. The van der Waals surface area contributed by atoms with Crippen LogP contribution in [0.5, 0.6) is 11.5 Å². The maximum atomic E-state index is 13.3. The number of aliphatic hydroxyl groups is 1. The van der Waals surface area contributed by atoms with Crippen LogP contribution in [-0.4, -0.2) is 79.7 Å². The Morgan fingerprint density at radius 3 is 2.53 bits per heavy atom. The lowest BCUT2D eigenvalue weighted by Gasteiger charge is -2.29. The summed E-state index contributed by atoms with van der Waals surface area (Å²) in [7, 11) is 1.50. The number of ether oxygens (including phenoxy) is 3. The molecule has 2 aliphatic rings. The highest BCUT2D eigenvalue weighted by atomic mass is 16.5. The lowest BCUT2D eigenvalue weighted by Crippen LogP contribution is -2.38. The van der Waals surface area contributed by atoms with Crippen molar-refractivity contribution in [2.24, 2.45) is 0 Å². The number of likely N-dealkylation sites (tertiary alicyclic amines) is 1. The third kappa shape index (κ3) is 5.45. The molecule has 1 unspecified atom stereocenters. The van der Waals surface area contributed by atoms with Gasteiger partial charge < -0.3 is 24.2 Å². The summed E-state index contributed by atoms with van der Waals surface area (Å²) in [6, 6.07) is 13.4. The standard InChI is InChI=1S/C28H32N2O6/c1-3-17-36-21-11-9-20(10-12-21)25-24(26(31)22-7-4-5-8-23(22)34-2)27(32)28(33)30(25)14-6-13-29-15-18-35-19-16-29/h3-5,7-12,25,31H,1,6,13-19H2,2H3/b26-24+. The normalized spacial score (nSPS) is 19.9. The molecule has 0 saturated carbocycles. The molecule has 0 aromatic heterocycles. The van der Waals surface area contributed by atoms with Crippen LogP contribution >= 0.6 is 0 Å². The quantitative estimate of drug-likeness (QED) is 0.235. The molecule has 36 heavy (non-hydrogen) atoms. The van der Waals surface area contributed by atoms with Crippen molar-refractivity contribution in [3.8, 4) is 11.5 Å². The summed E-state index contributed by atoms with van der Waals surface area (Å²) in [6.07, 6.45) is 2.35. The zero-order valence-electron chi connectivity index (χ0n) is 20.5. The molecule has 8 heteroatoms. The Labute approximate surface area is 211 Å². The first kappa shape index (κ1) is 25.5. The number of Topliss-reactive ketones (excluding diaryl/α,β-unsaturated/α-hetero) is 1. The van der Waals surface area contributed by atoms with Gasteiger partial charge >= 0.3 is 0 Å². The van der Waals surface area contributed by atoms with E-state index in [-0.39, 0.29) is 11.3 Å². The summed E-state index contributed by atoms with van der Waals surface area (Å²) < 4.78 is 16.4. The molecule has 2 saturated heterocycles. The molecule has 0 bridgehead atoms. The van der Waals surface area contributed by atoms with E-state index in [9.17, 15) is 14.7 Å². The van der Waals surface area contributed by atoms with Crippen molar-refractivity contribution in [1.82, 2.24) is 9.80 Å². The largest absolute Gasteiger partial charge is 0.507 e. The summed E-state index contributed by atoms with van der Waals surface area (Å²) in [4.78, 5) is 30.3.